The summed E-state index contributed by atoms with van der Waals surface area (Å²) < 4.78 is 0. The van der Waals surface area contributed by atoms with Crippen molar-refractivity contribution in [1.29, 1.82) is 0 Å². The largest absolute Gasteiger partial charge is 0.332 e. The Morgan fingerprint density at radius 1 is 1.06 bits per heavy atom. The van der Waals surface area contributed by atoms with E-state index < -0.39 is 0 Å². The monoisotopic (exact) mass is 244 g/mol. The topological polar surface area (TPSA) is 49.8 Å². The maximum Gasteiger partial charge on any atom is 0.228 e. The van der Waals surface area contributed by atoms with Gasteiger partial charge >= 0.3 is 0 Å². The van der Waals surface area contributed by atoms with Crippen LogP contribution < -0.4 is 10.6 Å². The summed E-state index contributed by atoms with van der Waals surface area (Å²) >= 11 is 5.15. The Kier molecular flexibility index (Phi) is 3.62. The molecule has 2 rings (SSSR count). The summed E-state index contributed by atoms with van der Waals surface area (Å²) in [6.45, 7) is 2.04. The normalized spacial score (nSPS) is 9.71. The van der Waals surface area contributed by atoms with Crippen molar-refractivity contribution in [1.82, 2.24) is 9.97 Å². The number of aromatic nitrogens is 2. The van der Waals surface area contributed by atoms with E-state index in [1.807, 2.05) is 31.2 Å². The Bertz CT molecular complexity index is 496. The highest BCUT2D eigenvalue weighted by Crippen LogP contribution is 2.08. The molecule has 0 saturated carbocycles. The molecule has 0 saturated heterocycles. The zero-order chi connectivity index (χ0) is 12.1. The number of benzene rings is 1. The quantitative estimate of drug-likeness (QED) is 0.795. The molecule has 1 heterocycles. The van der Waals surface area contributed by atoms with E-state index in [-0.39, 0.29) is 0 Å². The lowest BCUT2D eigenvalue weighted by molar-refractivity contribution is 1.18. The minimum atomic E-state index is 0.472. The number of rotatable bonds is 2. The van der Waals surface area contributed by atoms with Crippen LogP contribution in [-0.2, 0) is 0 Å². The van der Waals surface area contributed by atoms with E-state index in [9.17, 15) is 0 Å². The van der Waals surface area contributed by atoms with Crippen molar-refractivity contribution in [2.75, 3.05) is 10.6 Å². The number of hydrogen-bond donors (Lipinski definition) is 2. The van der Waals surface area contributed by atoms with Gasteiger partial charge in [0.05, 0.1) is 0 Å². The molecule has 0 aliphatic rings. The molecule has 1 aromatic heterocycles. The Balaban J connectivity index is 1.96. The summed E-state index contributed by atoms with van der Waals surface area (Å²) in [6, 6.07) is 9.72. The number of thiocarbonyl (C=S) groups is 1. The van der Waals surface area contributed by atoms with Gasteiger partial charge in [-0.3, -0.25) is 0 Å². The van der Waals surface area contributed by atoms with Gasteiger partial charge < -0.3 is 10.6 Å². The van der Waals surface area contributed by atoms with Crippen molar-refractivity contribution in [2.24, 2.45) is 0 Å². The molecule has 2 aromatic rings. The van der Waals surface area contributed by atoms with Gasteiger partial charge in [0.25, 0.3) is 0 Å². The van der Waals surface area contributed by atoms with Crippen LogP contribution in [0.1, 0.15) is 5.56 Å². The standard InChI is InChI=1S/C12H12N4S/c1-9-3-5-10(6-4-9)15-12(17)16-11-13-7-2-8-14-11/h2-8H,1H3,(H2,13,14,15,16,17). The summed E-state index contributed by atoms with van der Waals surface area (Å²) in [4.78, 5) is 8.05. The number of hydrogen-bond acceptors (Lipinski definition) is 3. The van der Waals surface area contributed by atoms with Crippen LogP contribution in [0.15, 0.2) is 42.7 Å². The maximum absolute atomic E-state index is 5.15. The van der Waals surface area contributed by atoms with Gasteiger partial charge in [-0.15, -0.1) is 0 Å². The van der Waals surface area contributed by atoms with E-state index in [1.165, 1.54) is 5.56 Å². The predicted octanol–water partition coefficient (Wildman–Crippen LogP) is 2.59. The van der Waals surface area contributed by atoms with Crippen LogP contribution in [0.5, 0.6) is 0 Å². The SMILES string of the molecule is Cc1ccc(NC(=S)Nc2ncccn2)cc1. The minimum absolute atomic E-state index is 0.472. The number of anilines is 2. The van der Waals surface area contributed by atoms with Gasteiger partial charge in [-0.2, -0.15) is 0 Å². The number of nitrogens with one attached hydrogen (secondary N) is 2. The van der Waals surface area contributed by atoms with Crippen LogP contribution in [-0.4, -0.2) is 15.1 Å². The second kappa shape index (κ2) is 5.36. The van der Waals surface area contributed by atoms with Crippen molar-refractivity contribution in [2.45, 2.75) is 6.92 Å². The fourth-order valence-electron chi connectivity index (χ4n) is 1.26. The van der Waals surface area contributed by atoms with E-state index in [0.29, 0.717) is 11.1 Å². The third kappa shape index (κ3) is 3.49. The molecule has 0 aliphatic heterocycles. The molecule has 0 spiro atoms. The lowest BCUT2D eigenvalue weighted by Crippen LogP contribution is -2.20. The van der Waals surface area contributed by atoms with E-state index in [0.717, 1.165) is 5.69 Å². The molecular weight excluding hydrogens is 232 g/mol. The van der Waals surface area contributed by atoms with Crippen molar-refractivity contribution < 1.29 is 0 Å². The highest BCUT2D eigenvalue weighted by atomic mass is 32.1. The van der Waals surface area contributed by atoms with Gasteiger partial charge in [0.15, 0.2) is 5.11 Å². The van der Waals surface area contributed by atoms with Gasteiger partial charge in [-0.1, -0.05) is 17.7 Å². The van der Waals surface area contributed by atoms with Gasteiger partial charge in [0.2, 0.25) is 5.95 Å². The summed E-state index contributed by atoms with van der Waals surface area (Å²) in [5.74, 6) is 0.483. The summed E-state index contributed by atoms with van der Waals surface area (Å²) in [5.41, 5.74) is 2.14. The van der Waals surface area contributed by atoms with Crippen LogP contribution in [0.2, 0.25) is 0 Å². The maximum atomic E-state index is 5.15. The first-order valence-electron chi connectivity index (χ1n) is 5.16. The molecule has 0 amide bonds. The van der Waals surface area contributed by atoms with Crippen molar-refractivity contribution in [3.63, 3.8) is 0 Å². The number of aryl methyl sites for hydroxylation is 1. The van der Waals surface area contributed by atoms with Gasteiger partial charge in [-0.25, -0.2) is 9.97 Å². The summed E-state index contributed by atoms with van der Waals surface area (Å²) in [5, 5.41) is 6.43. The first-order chi connectivity index (χ1) is 8.24. The molecule has 0 fully saturated rings. The smallest absolute Gasteiger partial charge is 0.228 e. The fraction of sp³-hybridized carbons (Fsp3) is 0.0833. The van der Waals surface area contributed by atoms with Gasteiger partial charge in [0.1, 0.15) is 0 Å². The third-order valence-electron chi connectivity index (χ3n) is 2.10. The molecule has 86 valence electrons. The van der Waals surface area contributed by atoms with Crippen LogP contribution in [0.25, 0.3) is 0 Å². The Hall–Kier alpha value is -2.01. The van der Waals surface area contributed by atoms with Crippen LogP contribution in [0.4, 0.5) is 11.6 Å². The molecule has 0 radical (unpaired) electrons. The molecule has 17 heavy (non-hydrogen) atoms. The van der Waals surface area contributed by atoms with Gasteiger partial charge in [0, 0.05) is 18.1 Å². The Labute approximate surface area is 105 Å². The molecule has 2 N–H and O–H groups in total. The van der Waals surface area contributed by atoms with E-state index in [4.69, 9.17) is 12.2 Å². The Morgan fingerprint density at radius 3 is 2.35 bits per heavy atom. The zero-order valence-electron chi connectivity index (χ0n) is 9.34. The highest BCUT2D eigenvalue weighted by Gasteiger charge is 1.99. The molecule has 0 bridgehead atoms. The predicted molar refractivity (Wildman–Crippen MR) is 73.1 cm³/mol. The molecule has 0 aliphatic carbocycles. The highest BCUT2D eigenvalue weighted by molar-refractivity contribution is 7.80. The lowest BCUT2D eigenvalue weighted by Gasteiger charge is -2.08. The van der Waals surface area contributed by atoms with E-state index >= 15 is 0 Å². The lowest BCUT2D eigenvalue weighted by atomic mass is 10.2. The summed E-state index contributed by atoms with van der Waals surface area (Å²) in [7, 11) is 0. The minimum Gasteiger partial charge on any atom is -0.332 e. The molecule has 5 heteroatoms. The molecular formula is C12H12N4S. The average molecular weight is 244 g/mol. The average Bonchev–Trinajstić information content (AvgIpc) is 2.33. The third-order valence-corrected chi connectivity index (χ3v) is 2.30. The second-order valence-electron chi connectivity index (χ2n) is 3.52. The van der Waals surface area contributed by atoms with Crippen LogP contribution in [0, 0.1) is 6.92 Å². The number of nitrogens with zero attached hydrogens (tertiary/aromatic N) is 2. The van der Waals surface area contributed by atoms with Crippen molar-refractivity contribution >= 4 is 29.0 Å². The fourth-order valence-corrected chi connectivity index (χ4v) is 1.47. The molecule has 4 nitrogen and oxygen atoms in total. The van der Waals surface area contributed by atoms with Crippen LogP contribution >= 0.6 is 12.2 Å². The van der Waals surface area contributed by atoms with E-state index in [2.05, 4.69) is 20.6 Å². The zero-order valence-corrected chi connectivity index (χ0v) is 10.2. The Morgan fingerprint density at radius 2 is 1.71 bits per heavy atom. The molecule has 0 atom stereocenters. The summed E-state index contributed by atoms with van der Waals surface area (Å²) in [6.07, 6.45) is 3.31. The molecule has 0 unspecified atom stereocenters. The molecule has 1 aromatic carbocycles. The van der Waals surface area contributed by atoms with Crippen molar-refractivity contribution in [3.05, 3.63) is 48.3 Å². The van der Waals surface area contributed by atoms with Crippen molar-refractivity contribution in [3.8, 4) is 0 Å². The van der Waals surface area contributed by atoms with Crippen LogP contribution in [0.3, 0.4) is 0 Å². The van der Waals surface area contributed by atoms with Gasteiger partial charge in [-0.05, 0) is 37.3 Å². The first kappa shape index (κ1) is 11.5. The second-order valence-corrected chi connectivity index (χ2v) is 3.93. The van der Waals surface area contributed by atoms with E-state index in [1.54, 1.807) is 18.5 Å². The first-order valence-corrected chi connectivity index (χ1v) is 5.56.